The summed E-state index contributed by atoms with van der Waals surface area (Å²) >= 11 is 0. The number of nitrogens with zero attached hydrogens (tertiary/aromatic N) is 2. The van der Waals surface area contributed by atoms with E-state index in [1.807, 2.05) is 31.8 Å². The number of allylic oxidation sites excluding steroid dienone is 1. The van der Waals surface area contributed by atoms with Crippen LogP contribution in [-0.4, -0.2) is 16.8 Å². The standard InChI is InChI=1S/C24H30N4.C8H10.C2H6.3C2H4/c1-18-7-5-6-8-23(18)13-14-24(28-20(3)19(2)15-27-28)26-17-22-11-9-21(10-12-22)16-25-4;1-7-4-3-5-8(2)6-7;4*1-2/h5-12,14-15,25-26H,13,16-17H2,1-4H3;3-6H,1-2H3;1-2H3;3*1-2H2/b24-14-;;;;;. The molecule has 4 nitrogen and oxygen atoms in total. The van der Waals surface area contributed by atoms with E-state index in [1.54, 1.807) is 0 Å². The number of aryl methyl sites for hydroxylation is 4. The smallest absolute Gasteiger partial charge is 0.124 e. The highest BCUT2D eigenvalue weighted by Crippen LogP contribution is 2.15. The normalized spacial score (nSPS) is 9.50. The van der Waals surface area contributed by atoms with Crippen molar-refractivity contribution >= 4 is 5.82 Å². The topological polar surface area (TPSA) is 41.9 Å². The second-order valence-electron chi connectivity index (χ2n) is 9.40. The molecule has 1 aromatic heterocycles. The van der Waals surface area contributed by atoms with Crippen LogP contribution in [0, 0.1) is 34.6 Å². The van der Waals surface area contributed by atoms with Gasteiger partial charge in [-0.15, -0.1) is 39.5 Å². The monoisotopic (exact) mass is 594 g/mol. The molecule has 4 aromatic rings. The van der Waals surface area contributed by atoms with Gasteiger partial charge in [-0.25, -0.2) is 4.68 Å². The van der Waals surface area contributed by atoms with Gasteiger partial charge >= 0.3 is 0 Å². The minimum atomic E-state index is 0.762. The van der Waals surface area contributed by atoms with Crippen molar-refractivity contribution in [3.05, 3.63) is 169 Å². The molecule has 3 aromatic carbocycles. The molecule has 44 heavy (non-hydrogen) atoms. The fraction of sp³-hybridized carbons (Fsp3) is 0.275. The molecule has 0 saturated heterocycles. The number of hydrogen-bond acceptors (Lipinski definition) is 3. The van der Waals surface area contributed by atoms with E-state index in [0.717, 1.165) is 31.0 Å². The van der Waals surface area contributed by atoms with Crippen LogP contribution in [0.2, 0.25) is 0 Å². The Kier molecular flexibility index (Phi) is 24.9. The maximum atomic E-state index is 4.58. The Morgan fingerprint density at radius 1 is 0.705 bits per heavy atom. The fourth-order valence-electron chi connectivity index (χ4n) is 3.99. The highest BCUT2D eigenvalue weighted by Gasteiger charge is 2.08. The molecule has 0 aliphatic heterocycles. The molecule has 0 bridgehead atoms. The summed E-state index contributed by atoms with van der Waals surface area (Å²) in [6, 6.07) is 25.7. The van der Waals surface area contributed by atoms with Crippen LogP contribution in [0.1, 0.15) is 58.5 Å². The summed E-state index contributed by atoms with van der Waals surface area (Å²) in [5.74, 6) is 1.02. The van der Waals surface area contributed by atoms with Crippen LogP contribution in [-0.2, 0) is 19.5 Å². The van der Waals surface area contributed by atoms with Crippen LogP contribution in [0.5, 0.6) is 0 Å². The van der Waals surface area contributed by atoms with Gasteiger partial charge in [-0.05, 0) is 82.0 Å². The molecule has 238 valence electrons. The van der Waals surface area contributed by atoms with Crippen LogP contribution in [0.4, 0.5) is 0 Å². The van der Waals surface area contributed by atoms with Crippen molar-refractivity contribution in [1.29, 1.82) is 0 Å². The predicted molar refractivity (Wildman–Crippen MR) is 198 cm³/mol. The van der Waals surface area contributed by atoms with E-state index < -0.39 is 0 Å². The maximum absolute atomic E-state index is 4.58. The maximum Gasteiger partial charge on any atom is 0.124 e. The Hall–Kier alpha value is -4.41. The van der Waals surface area contributed by atoms with E-state index in [-0.39, 0.29) is 0 Å². The highest BCUT2D eigenvalue weighted by molar-refractivity contribution is 5.46. The lowest BCUT2D eigenvalue weighted by atomic mass is 10.1. The molecule has 1 heterocycles. The Morgan fingerprint density at radius 3 is 1.66 bits per heavy atom. The van der Waals surface area contributed by atoms with Gasteiger partial charge in [0.15, 0.2) is 0 Å². The van der Waals surface area contributed by atoms with E-state index >= 15 is 0 Å². The molecule has 0 radical (unpaired) electrons. The van der Waals surface area contributed by atoms with Gasteiger partial charge in [0.05, 0.1) is 6.20 Å². The van der Waals surface area contributed by atoms with Crippen molar-refractivity contribution < 1.29 is 0 Å². The first-order chi connectivity index (χ1) is 21.4. The zero-order valence-corrected chi connectivity index (χ0v) is 28.8. The first kappa shape index (κ1) is 41.7. The van der Waals surface area contributed by atoms with Crippen LogP contribution in [0.3, 0.4) is 0 Å². The SMILES string of the molecule is C=C.C=C.C=C.CC.CNCc1ccc(CN/C(=C/Cc2ccccc2C)n2ncc(C)c2C)cc1.Cc1cccc(C)c1. The quantitative estimate of drug-likeness (QED) is 0.199. The van der Waals surface area contributed by atoms with Crippen LogP contribution < -0.4 is 10.6 Å². The van der Waals surface area contributed by atoms with E-state index in [0.29, 0.717) is 0 Å². The lowest BCUT2D eigenvalue weighted by molar-refractivity contribution is 0.751. The third-order valence-corrected chi connectivity index (χ3v) is 6.31. The summed E-state index contributed by atoms with van der Waals surface area (Å²) in [5, 5.41) is 11.4. The molecule has 4 rings (SSSR count). The summed E-state index contributed by atoms with van der Waals surface area (Å²) in [5.41, 5.74) is 10.2. The Labute approximate surface area is 270 Å². The van der Waals surface area contributed by atoms with Gasteiger partial charge in [-0.1, -0.05) is 97.8 Å². The van der Waals surface area contributed by atoms with Crippen molar-refractivity contribution in [2.75, 3.05) is 7.05 Å². The molecule has 0 aliphatic rings. The molecule has 0 fully saturated rings. The van der Waals surface area contributed by atoms with E-state index in [1.165, 1.54) is 38.9 Å². The van der Waals surface area contributed by atoms with Gasteiger partial charge in [-0.2, -0.15) is 5.10 Å². The van der Waals surface area contributed by atoms with Crippen molar-refractivity contribution in [2.24, 2.45) is 0 Å². The van der Waals surface area contributed by atoms with Crippen LogP contribution in [0.15, 0.2) is 125 Å². The van der Waals surface area contributed by atoms with Gasteiger partial charge < -0.3 is 10.6 Å². The zero-order valence-electron chi connectivity index (χ0n) is 28.8. The molecule has 0 unspecified atom stereocenters. The molecular formula is C40H58N4. The fourth-order valence-corrected chi connectivity index (χ4v) is 3.99. The number of benzene rings is 3. The predicted octanol–water partition coefficient (Wildman–Crippen LogP) is 10.1. The number of aromatic nitrogens is 2. The van der Waals surface area contributed by atoms with Crippen LogP contribution >= 0.6 is 0 Å². The van der Waals surface area contributed by atoms with E-state index in [9.17, 15) is 0 Å². The minimum Gasteiger partial charge on any atom is -0.366 e. The van der Waals surface area contributed by atoms with Gasteiger partial charge in [0.25, 0.3) is 0 Å². The largest absolute Gasteiger partial charge is 0.366 e. The third kappa shape index (κ3) is 15.7. The molecule has 4 heteroatoms. The average molecular weight is 595 g/mol. The molecule has 0 saturated carbocycles. The molecule has 2 N–H and O–H groups in total. The zero-order chi connectivity index (χ0) is 33.9. The lowest BCUT2D eigenvalue weighted by Gasteiger charge is -2.14. The van der Waals surface area contributed by atoms with Crippen LogP contribution in [0.25, 0.3) is 5.82 Å². The highest BCUT2D eigenvalue weighted by atomic mass is 15.3. The third-order valence-electron chi connectivity index (χ3n) is 6.31. The van der Waals surface area contributed by atoms with Crippen molar-refractivity contribution in [1.82, 2.24) is 20.4 Å². The Bertz CT molecular complexity index is 1290. The second-order valence-corrected chi connectivity index (χ2v) is 9.40. The molecule has 0 aliphatic carbocycles. The number of hydrogen-bond donors (Lipinski definition) is 2. The molecule has 0 atom stereocenters. The first-order valence-electron chi connectivity index (χ1n) is 15.1. The summed E-state index contributed by atoms with van der Waals surface area (Å²) < 4.78 is 2.00. The van der Waals surface area contributed by atoms with Crippen molar-refractivity contribution in [3.8, 4) is 0 Å². The summed E-state index contributed by atoms with van der Waals surface area (Å²) in [6.45, 7) is 34.2. The molecular weight excluding hydrogens is 536 g/mol. The minimum absolute atomic E-state index is 0.762. The number of rotatable bonds is 8. The lowest BCUT2D eigenvalue weighted by Crippen LogP contribution is -2.19. The molecule has 0 amide bonds. The Balaban J connectivity index is 0. The summed E-state index contributed by atoms with van der Waals surface area (Å²) in [7, 11) is 1.97. The van der Waals surface area contributed by atoms with Gasteiger partial charge in [0.2, 0.25) is 0 Å². The van der Waals surface area contributed by atoms with E-state index in [2.05, 4.69) is 169 Å². The second kappa shape index (κ2) is 26.2. The van der Waals surface area contributed by atoms with E-state index in [4.69, 9.17) is 0 Å². The van der Waals surface area contributed by atoms with Gasteiger partial charge in [0, 0.05) is 18.8 Å². The summed E-state index contributed by atoms with van der Waals surface area (Å²) in [6.07, 6.45) is 5.02. The average Bonchev–Trinajstić information content (AvgIpc) is 3.40. The first-order valence-corrected chi connectivity index (χ1v) is 15.1. The Morgan fingerprint density at radius 2 is 1.23 bits per heavy atom. The summed E-state index contributed by atoms with van der Waals surface area (Å²) in [4.78, 5) is 0. The number of nitrogens with one attached hydrogen (secondary N) is 2. The van der Waals surface area contributed by atoms with Gasteiger partial charge in [0.1, 0.15) is 5.82 Å². The van der Waals surface area contributed by atoms with Crippen molar-refractivity contribution in [3.63, 3.8) is 0 Å². The van der Waals surface area contributed by atoms with Gasteiger partial charge in [-0.3, -0.25) is 0 Å². The van der Waals surface area contributed by atoms with Crippen molar-refractivity contribution in [2.45, 2.75) is 68.0 Å². The molecule has 0 spiro atoms.